The molecule has 2 atom stereocenters. The number of aliphatic carboxylic acids is 1. The molecule has 0 radical (unpaired) electrons. The Kier molecular flexibility index (Phi) is 1.66. The van der Waals surface area contributed by atoms with E-state index < -0.39 is 11.5 Å². The molecule has 1 aliphatic rings. The molecule has 1 rings (SSSR count). The fraction of sp³-hybridized carbons (Fsp3) is 0.833. The quantitative estimate of drug-likeness (QED) is 0.448. The summed E-state index contributed by atoms with van der Waals surface area (Å²) in [4.78, 5) is 10.5. The number of hydrogen-bond donors (Lipinski definition) is 3. The minimum atomic E-state index is -1.03. The number of rotatable bonds is 1. The molecule has 0 unspecified atom stereocenters. The van der Waals surface area contributed by atoms with Gasteiger partial charge >= 0.3 is 5.97 Å². The number of carboxylic acid groups (broad SMARTS) is 1. The summed E-state index contributed by atoms with van der Waals surface area (Å²) in [7, 11) is 0. The molecule has 0 aliphatic carbocycles. The average Bonchev–Trinajstić information content (AvgIpc) is 2.13. The molecule has 58 valence electrons. The van der Waals surface area contributed by atoms with Gasteiger partial charge in [0.1, 0.15) is 5.54 Å². The second-order valence-electron chi connectivity index (χ2n) is 2.95. The summed E-state index contributed by atoms with van der Waals surface area (Å²) in [5.74, 6) is -0.913. The van der Waals surface area contributed by atoms with Crippen molar-refractivity contribution in [3.05, 3.63) is 0 Å². The molecule has 0 amide bonds. The third kappa shape index (κ3) is 1.12. The van der Waals surface area contributed by atoms with E-state index in [4.69, 9.17) is 10.8 Å². The maximum atomic E-state index is 10.5. The fourth-order valence-corrected chi connectivity index (χ4v) is 1.21. The van der Waals surface area contributed by atoms with Gasteiger partial charge in [-0.3, -0.25) is 4.79 Å². The molecule has 0 bridgehead atoms. The predicted molar refractivity (Wildman–Crippen MR) is 36.6 cm³/mol. The van der Waals surface area contributed by atoms with Crippen LogP contribution >= 0.6 is 0 Å². The van der Waals surface area contributed by atoms with E-state index in [2.05, 4.69) is 5.32 Å². The van der Waals surface area contributed by atoms with E-state index in [-0.39, 0.29) is 6.04 Å². The van der Waals surface area contributed by atoms with Crippen LogP contribution in [-0.2, 0) is 4.79 Å². The number of hydrogen-bond acceptors (Lipinski definition) is 3. The van der Waals surface area contributed by atoms with Crippen molar-refractivity contribution in [2.24, 2.45) is 5.73 Å². The molecular weight excluding hydrogens is 132 g/mol. The Balaban J connectivity index is 2.63. The minimum Gasteiger partial charge on any atom is -0.480 e. The summed E-state index contributed by atoms with van der Waals surface area (Å²) < 4.78 is 0. The second-order valence-corrected chi connectivity index (χ2v) is 2.95. The van der Waals surface area contributed by atoms with Crippen molar-refractivity contribution >= 4 is 5.97 Å². The number of carbonyl (C=O) groups is 1. The SMILES string of the molecule is C[C@@H]1C[C@@](N)(C(=O)O)CN1. The Bertz CT molecular complexity index is 160. The Morgan fingerprint density at radius 2 is 2.50 bits per heavy atom. The van der Waals surface area contributed by atoms with E-state index in [1.54, 1.807) is 0 Å². The zero-order chi connectivity index (χ0) is 7.78. The Morgan fingerprint density at radius 1 is 1.90 bits per heavy atom. The van der Waals surface area contributed by atoms with Gasteiger partial charge in [0.25, 0.3) is 0 Å². The largest absolute Gasteiger partial charge is 0.480 e. The van der Waals surface area contributed by atoms with E-state index >= 15 is 0 Å². The normalized spacial score (nSPS) is 40.0. The van der Waals surface area contributed by atoms with Crippen molar-refractivity contribution < 1.29 is 9.90 Å². The molecule has 0 aromatic carbocycles. The Labute approximate surface area is 59.4 Å². The van der Waals surface area contributed by atoms with Gasteiger partial charge in [0, 0.05) is 12.6 Å². The summed E-state index contributed by atoms with van der Waals surface area (Å²) in [6.45, 7) is 2.31. The summed E-state index contributed by atoms with van der Waals surface area (Å²) >= 11 is 0. The van der Waals surface area contributed by atoms with Gasteiger partial charge in [-0.05, 0) is 13.3 Å². The summed E-state index contributed by atoms with van der Waals surface area (Å²) in [5.41, 5.74) is 4.50. The molecule has 1 heterocycles. The lowest BCUT2D eigenvalue weighted by molar-refractivity contribution is -0.142. The van der Waals surface area contributed by atoms with Crippen LogP contribution in [0.2, 0.25) is 0 Å². The van der Waals surface area contributed by atoms with Gasteiger partial charge in [-0.1, -0.05) is 0 Å². The van der Waals surface area contributed by atoms with Gasteiger partial charge in [-0.15, -0.1) is 0 Å². The van der Waals surface area contributed by atoms with Crippen LogP contribution in [0.15, 0.2) is 0 Å². The third-order valence-electron chi connectivity index (χ3n) is 1.86. The monoisotopic (exact) mass is 144 g/mol. The highest BCUT2D eigenvalue weighted by molar-refractivity contribution is 5.79. The van der Waals surface area contributed by atoms with Crippen LogP contribution < -0.4 is 11.1 Å². The molecule has 0 aromatic rings. The molecule has 1 fully saturated rings. The second kappa shape index (κ2) is 2.21. The highest BCUT2D eigenvalue weighted by atomic mass is 16.4. The topological polar surface area (TPSA) is 75.4 Å². The van der Waals surface area contributed by atoms with Crippen molar-refractivity contribution in [1.82, 2.24) is 5.32 Å². The molecule has 0 aromatic heterocycles. The van der Waals surface area contributed by atoms with Crippen molar-refractivity contribution in [1.29, 1.82) is 0 Å². The zero-order valence-electron chi connectivity index (χ0n) is 5.92. The van der Waals surface area contributed by atoms with Gasteiger partial charge < -0.3 is 16.2 Å². The van der Waals surface area contributed by atoms with Crippen molar-refractivity contribution in [3.63, 3.8) is 0 Å². The Morgan fingerprint density at radius 3 is 2.70 bits per heavy atom. The summed E-state index contributed by atoms with van der Waals surface area (Å²) in [6.07, 6.45) is 0.516. The summed E-state index contributed by atoms with van der Waals surface area (Å²) in [5, 5.41) is 11.6. The molecule has 4 heteroatoms. The van der Waals surface area contributed by atoms with Crippen molar-refractivity contribution in [2.45, 2.75) is 24.9 Å². The number of nitrogens with two attached hydrogens (primary N) is 1. The first kappa shape index (κ1) is 7.50. The van der Waals surface area contributed by atoms with Gasteiger partial charge in [-0.25, -0.2) is 0 Å². The average molecular weight is 144 g/mol. The van der Waals surface area contributed by atoms with Crippen LogP contribution in [-0.4, -0.2) is 29.2 Å². The predicted octanol–water partition coefficient (Wildman–Crippen LogP) is -0.850. The Hall–Kier alpha value is -0.610. The van der Waals surface area contributed by atoms with Gasteiger partial charge in [0.2, 0.25) is 0 Å². The van der Waals surface area contributed by atoms with Crippen LogP contribution in [0.4, 0.5) is 0 Å². The molecule has 1 aliphatic heterocycles. The van der Waals surface area contributed by atoms with E-state index in [9.17, 15) is 4.79 Å². The van der Waals surface area contributed by atoms with E-state index in [1.807, 2.05) is 6.92 Å². The first-order chi connectivity index (χ1) is 4.54. The highest BCUT2D eigenvalue weighted by Gasteiger charge is 2.40. The van der Waals surface area contributed by atoms with Crippen LogP contribution in [0.1, 0.15) is 13.3 Å². The van der Waals surface area contributed by atoms with Gasteiger partial charge in [0.05, 0.1) is 0 Å². The van der Waals surface area contributed by atoms with Gasteiger partial charge in [0.15, 0.2) is 0 Å². The van der Waals surface area contributed by atoms with E-state index in [0.29, 0.717) is 13.0 Å². The number of carboxylic acids is 1. The van der Waals surface area contributed by atoms with Crippen LogP contribution in [0.25, 0.3) is 0 Å². The minimum absolute atomic E-state index is 0.223. The van der Waals surface area contributed by atoms with Crippen molar-refractivity contribution in [3.8, 4) is 0 Å². The first-order valence-corrected chi connectivity index (χ1v) is 3.30. The highest BCUT2D eigenvalue weighted by Crippen LogP contribution is 2.15. The molecule has 10 heavy (non-hydrogen) atoms. The fourth-order valence-electron chi connectivity index (χ4n) is 1.21. The molecule has 0 saturated carbocycles. The molecule has 0 spiro atoms. The lowest BCUT2D eigenvalue weighted by atomic mass is 9.98. The van der Waals surface area contributed by atoms with Crippen molar-refractivity contribution in [2.75, 3.05) is 6.54 Å². The molecular formula is C6H12N2O2. The smallest absolute Gasteiger partial charge is 0.325 e. The van der Waals surface area contributed by atoms with Gasteiger partial charge in [-0.2, -0.15) is 0 Å². The maximum Gasteiger partial charge on any atom is 0.325 e. The van der Waals surface area contributed by atoms with E-state index in [0.717, 1.165) is 0 Å². The lowest BCUT2D eigenvalue weighted by Gasteiger charge is -2.15. The van der Waals surface area contributed by atoms with Crippen LogP contribution in [0.3, 0.4) is 0 Å². The van der Waals surface area contributed by atoms with E-state index in [1.165, 1.54) is 0 Å². The van der Waals surface area contributed by atoms with Crippen LogP contribution in [0, 0.1) is 0 Å². The molecule has 4 nitrogen and oxygen atoms in total. The maximum absolute atomic E-state index is 10.5. The summed E-state index contributed by atoms with van der Waals surface area (Å²) in [6, 6.07) is 0.223. The van der Waals surface area contributed by atoms with Crippen LogP contribution in [0.5, 0.6) is 0 Å². The standard InChI is InChI=1S/C6H12N2O2/c1-4-2-6(7,3-8-4)5(9)10/h4,8H,2-3,7H2,1H3,(H,9,10)/t4-,6+/m1/s1. The third-order valence-corrected chi connectivity index (χ3v) is 1.86. The lowest BCUT2D eigenvalue weighted by Crippen LogP contribution is -2.49. The zero-order valence-corrected chi connectivity index (χ0v) is 5.92. The molecule has 4 N–H and O–H groups in total. The molecule has 1 saturated heterocycles. The first-order valence-electron chi connectivity index (χ1n) is 3.30. The number of nitrogens with one attached hydrogen (secondary N) is 1.